The zero-order valence-electron chi connectivity index (χ0n) is 13.5. The number of hydrogen-bond acceptors (Lipinski definition) is 3. The number of nitrogens with zero attached hydrogens (tertiary/aromatic N) is 2. The average molecular weight is 306 g/mol. The van der Waals surface area contributed by atoms with E-state index in [4.69, 9.17) is 0 Å². The van der Waals surface area contributed by atoms with Gasteiger partial charge < -0.3 is 9.80 Å². The molecule has 1 heterocycles. The molecule has 0 bridgehead atoms. The number of thioether (sulfide) groups is 1. The van der Waals surface area contributed by atoms with Crippen molar-refractivity contribution in [2.75, 3.05) is 37.5 Å². The molecule has 2 rings (SSSR count). The summed E-state index contributed by atoms with van der Waals surface area (Å²) in [7, 11) is 4.11. The molecular weight excluding hydrogens is 280 g/mol. The lowest BCUT2D eigenvalue weighted by molar-refractivity contribution is -0.135. The molecule has 1 fully saturated rings. The topological polar surface area (TPSA) is 23.6 Å². The Hall–Kier alpha value is -1.16. The minimum absolute atomic E-state index is 0.109. The number of carbonyl (C=O) groups excluding carboxylic acids is 1. The Kier molecular flexibility index (Phi) is 5.57. The summed E-state index contributed by atoms with van der Waals surface area (Å²) in [6, 6.07) is 8.83. The van der Waals surface area contributed by atoms with Crippen LogP contribution in [-0.4, -0.2) is 43.5 Å². The van der Waals surface area contributed by atoms with E-state index in [1.54, 1.807) is 11.8 Å². The Morgan fingerprint density at radius 3 is 2.90 bits per heavy atom. The predicted molar refractivity (Wildman–Crippen MR) is 92.0 cm³/mol. The highest BCUT2D eigenvalue weighted by atomic mass is 32.2. The van der Waals surface area contributed by atoms with Gasteiger partial charge in [-0.2, -0.15) is 11.8 Å². The molecule has 2 atom stereocenters. The van der Waals surface area contributed by atoms with Crippen molar-refractivity contribution in [1.29, 1.82) is 0 Å². The minimum Gasteiger partial charge on any atom is -0.378 e. The maximum atomic E-state index is 12.6. The van der Waals surface area contributed by atoms with Gasteiger partial charge in [0, 0.05) is 38.0 Å². The molecule has 1 aliphatic heterocycles. The Bertz CT molecular complexity index is 489. The van der Waals surface area contributed by atoms with Crippen LogP contribution in [0.15, 0.2) is 24.3 Å². The Labute approximate surface area is 132 Å². The van der Waals surface area contributed by atoms with E-state index in [0.29, 0.717) is 5.91 Å². The van der Waals surface area contributed by atoms with Crippen LogP contribution in [0.25, 0.3) is 0 Å². The summed E-state index contributed by atoms with van der Waals surface area (Å²) in [6.45, 7) is 2.94. The molecule has 1 amide bonds. The van der Waals surface area contributed by atoms with E-state index in [9.17, 15) is 4.79 Å². The summed E-state index contributed by atoms with van der Waals surface area (Å²) in [5.41, 5.74) is 2.47. The smallest absolute Gasteiger partial charge is 0.226 e. The maximum absolute atomic E-state index is 12.6. The molecule has 0 saturated carbocycles. The lowest BCUT2D eigenvalue weighted by Crippen LogP contribution is -2.35. The van der Waals surface area contributed by atoms with Gasteiger partial charge in [-0.15, -0.1) is 0 Å². The van der Waals surface area contributed by atoms with Crippen LogP contribution in [0.2, 0.25) is 0 Å². The van der Waals surface area contributed by atoms with Crippen molar-refractivity contribution in [3.8, 4) is 0 Å². The zero-order chi connectivity index (χ0) is 15.4. The zero-order valence-corrected chi connectivity index (χ0v) is 14.3. The minimum atomic E-state index is 0.109. The fraction of sp³-hybridized carbons (Fsp3) is 0.588. The van der Waals surface area contributed by atoms with Crippen molar-refractivity contribution in [3.05, 3.63) is 29.8 Å². The first-order valence-electron chi connectivity index (χ1n) is 7.61. The third-order valence-corrected chi connectivity index (χ3v) is 4.98. The van der Waals surface area contributed by atoms with Gasteiger partial charge in [0.1, 0.15) is 0 Å². The molecule has 1 aromatic carbocycles. The van der Waals surface area contributed by atoms with Gasteiger partial charge in [0.25, 0.3) is 0 Å². The molecule has 116 valence electrons. The number of benzene rings is 1. The molecule has 2 unspecified atom stereocenters. The summed E-state index contributed by atoms with van der Waals surface area (Å²) in [6.07, 6.45) is 4.25. The number of amides is 1. The van der Waals surface area contributed by atoms with Crippen LogP contribution in [0.5, 0.6) is 0 Å². The fourth-order valence-corrected chi connectivity index (χ4v) is 3.63. The monoisotopic (exact) mass is 306 g/mol. The normalized spacial score (nSPS) is 19.6. The van der Waals surface area contributed by atoms with Crippen LogP contribution in [0.4, 0.5) is 5.69 Å². The summed E-state index contributed by atoms with van der Waals surface area (Å²) >= 11 is 1.75. The largest absolute Gasteiger partial charge is 0.378 e. The molecular formula is C17H26N2OS. The summed E-state index contributed by atoms with van der Waals surface area (Å²) in [5.74, 6) is 1.32. The second-order valence-electron chi connectivity index (χ2n) is 6.04. The van der Waals surface area contributed by atoms with Gasteiger partial charge in [-0.1, -0.05) is 19.1 Å². The van der Waals surface area contributed by atoms with Crippen molar-refractivity contribution in [2.24, 2.45) is 5.92 Å². The van der Waals surface area contributed by atoms with Crippen LogP contribution in [0.1, 0.15) is 31.4 Å². The summed E-state index contributed by atoms with van der Waals surface area (Å²) in [5, 5.41) is 0. The molecule has 0 N–H and O–H groups in total. The highest BCUT2D eigenvalue weighted by Gasteiger charge is 2.32. The van der Waals surface area contributed by atoms with E-state index in [2.05, 4.69) is 54.4 Å². The standard InChI is InChI=1S/C17H26N2OS/c1-13(12-21-4)17(20)19-10-6-9-16(19)14-7-5-8-15(11-14)18(2)3/h5,7-8,11,13,16H,6,9-10,12H2,1-4H3. The number of carbonyl (C=O) groups is 1. The van der Waals surface area contributed by atoms with Crippen LogP contribution in [-0.2, 0) is 4.79 Å². The third kappa shape index (κ3) is 3.73. The molecule has 4 heteroatoms. The van der Waals surface area contributed by atoms with Crippen LogP contribution >= 0.6 is 11.8 Å². The first-order valence-corrected chi connectivity index (χ1v) is 9.00. The number of likely N-dealkylation sites (tertiary alicyclic amines) is 1. The van der Waals surface area contributed by atoms with E-state index >= 15 is 0 Å². The Morgan fingerprint density at radius 2 is 2.24 bits per heavy atom. The van der Waals surface area contributed by atoms with Crippen molar-refractivity contribution in [3.63, 3.8) is 0 Å². The number of hydrogen-bond donors (Lipinski definition) is 0. The van der Waals surface area contributed by atoms with Crippen LogP contribution < -0.4 is 4.90 Å². The van der Waals surface area contributed by atoms with Gasteiger partial charge in [-0.3, -0.25) is 4.79 Å². The average Bonchev–Trinajstić information content (AvgIpc) is 2.96. The molecule has 1 aliphatic rings. The first kappa shape index (κ1) is 16.2. The SMILES string of the molecule is CSCC(C)C(=O)N1CCCC1c1cccc(N(C)C)c1. The van der Waals surface area contributed by atoms with Crippen molar-refractivity contribution in [2.45, 2.75) is 25.8 Å². The summed E-state index contributed by atoms with van der Waals surface area (Å²) in [4.78, 5) is 16.8. The molecule has 3 nitrogen and oxygen atoms in total. The van der Waals surface area contributed by atoms with E-state index < -0.39 is 0 Å². The van der Waals surface area contributed by atoms with E-state index in [1.165, 1.54) is 11.3 Å². The van der Waals surface area contributed by atoms with E-state index in [-0.39, 0.29) is 12.0 Å². The molecule has 21 heavy (non-hydrogen) atoms. The second-order valence-corrected chi connectivity index (χ2v) is 6.95. The van der Waals surface area contributed by atoms with Crippen LogP contribution in [0, 0.1) is 5.92 Å². The van der Waals surface area contributed by atoms with Crippen molar-refractivity contribution >= 4 is 23.4 Å². The molecule has 0 radical (unpaired) electrons. The van der Waals surface area contributed by atoms with Gasteiger partial charge in [0.2, 0.25) is 5.91 Å². The van der Waals surface area contributed by atoms with E-state index in [0.717, 1.165) is 25.1 Å². The molecule has 1 aromatic rings. The third-order valence-electron chi connectivity index (χ3n) is 4.15. The van der Waals surface area contributed by atoms with Gasteiger partial charge in [0.15, 0.2) is 0 Å². The fourth-order valence-electron chi connectivity index (χ4n) is 2.99. The number of anilines is 1. The van der Waals surface area contributed by atoms with Gasteiger partial charge in [-0.05, 0) is 36.8 Å². The van der Waals surface area contributed by atoms with Crippen molar-refractivity contribution < 1.29 is 4.79 Å². The maximum Gasteiger partial charge on any atom is 0.226 e. The second kappa shape index (κ2) is 7.21. The lowest BCUT2D eigenvalue weighted by Gasteiger charge is -2.28. The molecule has 0 aromatic heterocycles. The molecule has 0 aliphatic carbocycles. The predicted octanol–water partition coefficient (Wildman–Crippen LogP) is 3.42. The van der Waals surface area contributed by atoms with Gasteiger partial charge >= 0.3 is 0 Å². The number of rotatable bonds is 5. The van der Waals surface area contributed by atoms with E-state index in [1.807, 2.05) is 6.92 Å². The van der Waals surface area contributed by atoms with Gasteiger partial charge in [0.05, 0.1) is 6.04 Å². The Morgan fingerprint density at radius 1 is 1.48 bits per heavy atom. The van der Waals surface area contributed by atoms with Crippen LogP contribution in [0.3, 0.4) is 0 Å². The highest BCUT2D eigenvalue weighted by Crippen LogP contribution is 2.34. The van der Waals surface area contributed by atoms with Gasteiger partial charge in [-0.25, -0.2) is 0 Å². The quantitative estimate of drug-likeness (QED) is 0.833. The highest BCUT2D eigenvalue weighted by molar-refractivity contribution is 7.98. The van der Waals surface area contributed by atoms with Crippen molar-refractivity contribution in [1.82, 2.24) is 4.90 Å². The first-order chi connectivity index (χ1) is 10.0. The Balaban J connectivity index is 2.18. The molecule has 0 spiro atoms. The lowest BCUT2D eigenvalue weighted by atomic mass is 10.0. The summed E-state index contributed by atoms with van der Waals surface area (Å²) < 4.78 is 0. The molecule has 1 saturated heterocycles.